The maximum atomic E-state index is 13.8. The molecule has 0 bridgehead atoms. The molecule has 32 heavy (non-hydrogen) atoms. The number of fused-ring (bicyclic) bond motifs is 1. The van der Waals surface area contributed by atoms with Crippen LogP contribution in [0.25, 0.3) is 16.9 Å². The molecule has 3 heterocycles. The van der Waals surface area contributed by atoms with Crippen LogP contribution in [0.1, 0.15) is 29.0 Å². The standard InChI is InChI=1S/C21H19F5N4O2/c1-32-14-6-4-12(5-7-14)15-9-17(21(24,25)26)30-18(27-15)10-16(28-30)20(31)29-8-2-3-13(11-29)19(22)23/h4-7,9-10,13,19H,2-3,8,11H2,1H3. The van der Waals surface area contributed by atoms with Crippen LogP contribution in [0, 0.1) is 5.92 Å². The Kier molecular flexibility index (Phi) is 5.74. The van der Waals surface area contributed by atoms with Gasteiger partial charge in [-0.25, -0.2) is 18.3 Å². The van der Waals surface area contributed by atoms with E-state index in [2.05, 4.69) is 10.1 Å². The van der Waals surface area contributed by atoms with E-state index in [1.54, 1.807) is 24.3 Å². The van der Waals surface area contributed by atoms with Gasteiger partial charge in [0.25, 0.3) is 5.91 Å². The Hall–Kier alpha value is -3.24. The average Bonchev–Trinajstić information content (AvgIpc) is 3.21. The van der Waals surface area contributed by atoms with Crippen molar-refractivity contribution >= 4 is 11.6 Å². The molecule has 1 aliphatic heterocycles. The summed E-state index contributed by atoms with van der Waals surface area (Å²) in [5.74, 6) is -1.12. The molecule has 1 amide bonds. The first-order valence-electron chi connectivity index (χ1n) is 9.87. The lowest BCUT2D eigenvalue weighted by Crippen LogP contribution is -2.42. The van der Waals surface area contributed by atoms with Gasteiger partial charge < -0.3 is 9.64 Å². The third-order valence-corrected chi connectivity index (χ3v) is 5.42. The number of methoxy groups -OCH3 is 1. The summed E-state index contributed by atoms with van der Waals surface area (Å²) in [6, 6.07) is 8.32. The zero-order valence-electron chi connectivity index (χ0n) is 16.9. The van der Waals surface area contributed by atoms with E-state index < -0.39 is 30.1 Å². The fourth-order valence-corrected chi connectivity index (χ4v) is 3.75. The highest BCUT2D eigenvalue weighted by molar-refractivity contribution is 5.93. The Labute approximate surface area is 179 Å². The second kappa shape index (κ2) is 8.36. The van der Waals surface area contributed by atoms with Gasteiger partial charge in [0, 0.05) is 30.6 Å². The molecule has 1 fully saturated rings. The van der Waals surface area contributed by atoms with E-state index >= 15 is 0 Å². The van der Waals surface area contributed by atoms with Gasteiger partial charge in [0.1, 0.15) is 5.75 Å². The molecule has 1 aromatic carbocycles. The van der Waals surface area contributed by atoms with Gasteiger partial charge in [-0.05, 0) is 43.2 Å². The summed E-state index contributed by atoms with van der Waals surface area (Å²) in [7, 11) is 1.47. The molecular weight excluding hydrogens is 435 g/mol. The Morgan fingerprint density at radius 2 is 1.91 bits per heavy atom. The number of hydrogen-bond acceptors (Lipinski definition) is 4. The fraction of sp³-hybridized carbons (Fsp3) is 0.381. The largest absolute Gasteiger partial charge is 0.497 e. The van der Waals surface area contributed by atoms with Crippen molar-refractivity contribution in [3.05, 3.63) is 47.8 Å². The first-order chi connectivity index (χ1) is 15.2. The molecule has 0 saturated carbocycles. The third-order valence-electron chi connectivity index (χ3n) is 5.42. The van der Waals surface area contributed by atoms with Crippen molar-refractivity contribution in [3.8, 4) is 17.0 Å². The normalized spacial score (nSPS) is 17.2. The molecule has 0 spiro atoms. The summed E-state index contributed by atoms with van der Waals surface area (Å²) >= 11 is 0. The Morgan fingerprint density at radius 1 is 1.19 bits per heavy atom. The van der Waals surface area contributed by atoms with E-state index in [0.29, 0.717) is 22.2 Å². The summed E-state index contributed by atoms with van der Waals surface area (Å²) < 4.78 is 73.0. The molecule has 11 heteroatoms. The number of carbonyl (C=O) groups is 1. The molecule has 4 rings (SSSR count). The molecule has 1 aliphatic rings. The fourth-order valence-electron chi connectivity index (χ4n) is 3.75. The van der Waals surface area contributed by atoms with Crippen molar-refractivity contribution in [2.75, 3.05) is 20.2 Å². The first-order valence-corrected chi connectivity index (χ1v) is 9.87. The maximum absolute atomic E-state index is 13.8. The topological polar surface area (TPSA) is 59.7 Å². The van der Waals surface area contributed by atoms with Gasteiger partial charge in [0.05, 0.1) is 12.8 Å². The van der Waals surface area contributed by atoms with E-state index in [9.17, 15) is 26.7 Å². The molecule has 1 atom stereocenters. The van der Waals surface area contributed by atoms with Gasteiger partial charge in [-0.3, -0.25) is 4.79 Å². The molecule has 6 nitrogen and oxygen atoms in total. The number of benzene rings is 1. The number of halogens is 5. The van der Waals surface area contributed by atoms with Gasteiger partial charge >= 0.3 is 6.18 Å². The molecule has 0 radical (unpaired) electrons. The van der Waals surface area contributed by atoms with Crippen LogP contribution in [0.3, 0.4) is 0 Å². The van der Waals surface area contributed by atoms with Crippen LogP contribution < -0.4 is 4.74 Å². The van der Waals surface area contributed by atoms with Crippen molar-refractivity contribution in [1.82, 2.24) is 19.5 Å². The van der Waals surface area contributed by atoms with E-state index in [-0.39, 0.29) is 36.5 Å². The van der Waals surface area contributed by atoms with Crippen molar-refractivity contribution < 1.29 is 31.5 Å². The summed E-state index contributed by atoms with van der Waals surface area (Å²) in [6.45, 7) is 0.0770. The van der Waals surface area contributed by atoms with Crippen LogP contribution in [0.4, 0.5) is 22.0 Å². The second-order valence-corrected chi connectivity index (χ2v) is 7.54. The SMILES string of the molecule is COc1ccc(-c2cc(C(F)(F)F)n3nc(C(=O)N4CCCC(C(F)F)C4)cc3n2)cc1. The molecule has 2 aromatic heterocycles. The number of rotatable bonds is 4. The highest BCUT2D eigenvalue weighted by Gasteiger charge is 2.36. The zero-order valence-corrected chi connectivity index (χ0v) is 16.9. The smallest absolute Gasteiger partial charge is 0.433 e. The number of likely N-dealkylation sites (tertiary alicyclic amines) is 1. The molecule has 0 N–H and O–H groups in total. The number of piperidine rings is 1. The van der Waals surface area contributed by atoms with Crippen LogP contribution in [0.5, 0.6) is 5.75 Å². The molecular formula is C21H19F5N4O2. The number of alkyl halides is 5. The Morgan fingerprint density at radius 3 is 2.53 bits per heavy atom. The number of hydrogen-bond donors (Lipinski definition) is 0. The molecule has 1 saturated heterocycles. The lowest BCUT2D eigenvalue weighted by molar-refractivity contribution is -0.142. The Balaban J connectivity index is 1.74. The first kappa shape index (κ1) is 22.0. The third kappa shape index (κ3) is 4.23. The van der Waals surface area contributed by atoms with Crippen molar-refractivity contribution in [3.63, 3.8) is 0 Å². The number of carbonyl (C=O) groups excluding carboxylic acids is 1. The summed E-state index contributed by atoms with van der Waals surface area (Å²) in [5, 5.41) is 3.82. The summed E-state index contributed by atoms with van der Waals surface area (Å²) in [5.41, 5.74) is -1.08. The van der Waals surface area contributed by atoms with Gasteiger partial charge in [-0.1, -0.05) is 0 Å². The quantitative estimate of drug-likeness (QED) is 0.543. The van der Waals surface area contributed by atoms with Gasteiger partial charge in [-0.2, -0.15) is 18.3 Å². The summed E-state index contributed by atoms with van der Waals surface area (Å²) in [4.78, 5) is 18.2. The molecule has 3 aromatic rings. The number of ether oxygens (including phenoxy) is 1. The number of aromatic nitrogens is 3. The summed E-state index contributed by atoms with van der Waals surface area (Å²) in [6.07, 6.45) is -6.66. The Bertz CT molecular complexity index is 1130. The molecule has 0 aliphatic carbocycles. The van der Waals surface area contributed by atoms with Crippen molar-refractivity contribution in [1.29, 1.82) is 0 Å². The van der Waals surface area contributed by atoms with Crippen LogP contribution in [-0.2, 0) is 6.18 Å². The van der Waals surface area contributed by atoms with E-state index in [0.717, 1.165) is 12.1 Å². The van der Waals surface area contributed by atoms with Crippen molar-refractivity contribution in [2.24, 2.45) is 5.92 Å². The number of nitrogens with zero attached hydrogens (tertiary/aromatic N) is 4. The van der Waals surface area contributed by atoms with Crippen LogP contribution in [0.15, 0.2) is 36.4 Å². The van der Waals surface area contributed by atoms with Crippen LogP contribution in [0.2, 0.25) is 0 Å². The molecule has 170 valence electrons. The average molecular weight is 454 g/mol. The van der Waals surface area contributed by atoms with Crippen molar-refractivity contribution in [2.45, 2.75) is 25.4 Å². The predicted octanol–water partition coefficient (Wildman–Crippen LogP) is 4.54. The lowest BCUT2D eigenvalue weighted by atomic mass is 9.98. The van der Waals surface area contributed by atoms with Gasteiger partial charge in [-0.15, -0.1) is 0 Å². The second-order valence-electron chi connectivity index (χ2n) is 7.54. The maximum Gasteiger partial charge on any atom is 0.433 e. The van der Waals surface area contributed by atoms with Gasteiger partial charge in [0.2, 0.25) is 6.43 Å². The minimum atomic E-state index is -4.76. The van der Waals surface area contributed by atoms with Crippen LogP contribution in [-0.4, -0.2) is 52.0 Å². The van der Waals surface area contributed by atoms with E-state index in [4.69, 9.17) is 4.74 Å². The minimum absolute atomic E-state index is 0.0436. The number of amides is 1. The highest BCUT2D eigenvalue weighted by Crippen LogP contribution is 2.33. The monoisotopic (exact) mass is 454 g/mol. The lowest BCUT2D eigenvalue weighted by Gasteiger charge is -2.31. The van der Waals surface area contributed by atoms with E-state index in [1.165, 1.54) is 12.0 Å². The van der Waals surface area contributed by atoms with Gasteiger partial charge in [0.15, 0.2) is 17.0 Å². The highest BCUT2D eigenvalue weighted by atomic mass is 19.4. The predicted molar refractivity (Wildman–Crippen MR) is 105 cm³/mol. The zero-order chi connectivity index (χ0) is 23.0. The van der Waals surface area contributed by atoms with E-state index in [1.807, 2.05) is 0 Å². The van der Waals surface area contributed by atoms with Crippen LogP contribution >= 0.6 is 0 Å². The molecule has 1 unspecified atom stereocenters. The minimum Gasteiger partial charge on any atom is -0.497 e.